The summed E-state index contributed by atoms with van der Waals surface area (Å²) in [5, 5.41) is 4.53. The van der Waals surface area contributed by atoms with Crippen LogP contribution < -0.4 is 5.73 Å². The van der Waals surface area contributed by atoms with Crippen LogP contribution in [-0.2, 0) is 6.54 Å². The number of rotatable bonds is 2. The predicted octanol–water partition coefficient (Wildman–Crippen LogP) is 3.20. The average molecular weight is 294 g/mol. The topological polar surface area (TPSA) is 43.8 Å². The van der Waals surface area contributed by atoms with Gasteiger partial charge >= 0.3 is 0 Å². The Morgan fingerprint density at radius 2 is 2.00 bits per heavy atom. The number of benzene rings is 1. The van der Waals surface area contributed by atoms with Gasteiger partial charge in [-0.2, -0.15) is 5.10 Å². The number of nitrogens with zero attached hydrogens (tertiary/aromatic N) is 2. The van der Waals surface area contributed by atoms with Gasteiger partial charge in [0, 0.05) is 15.9 Å². The van der Waals surface area contributed by atoms with Gasteiger partial charge in [-0.15, -0.1) is 0 Å². The number of halogens is 1. The van der Waals surface area contributed by atoms with Crippen LogP contribution in [-0.4, -0.2) is 9.78 Å². The summed E-state index contributed by atoms with van der Waals surface area (Å²) in [4.78, 5) is 0. The molecule has 0 amide bonds. The van der Waals surface area contributed by atoms with E-state index in [0.29, 0.717) is 0 Å². The fraction of sp³-hybridized carbons (Fsp3) is 0.308. The third-order valence-electron chi connectivity index (χ3n) is 3.17. The van der Waals surface area contributed by atoms with E-state index in [1.54, 1.807) is 0 Å². The number of nitrogens with two attached hydrogens (primary N) is 1. The Labute approximate surface area is 110 Å². The van der Waals surface area contributed by atoms with E-state index < -0.39 is 0 Å². The minimum atomic E-state index is 0.742. The molecular formula is C13H16BrN3. The van der Waals surface area contributed by atoms with Gasteiger partial charge in [0.25, 0.3) is 0 Å². The average Bonchev–Trinajstić information content (AvgIpc) is 2.53. The lowest BCUT2D eigenvalue weighted by molar-refractivity contribution is 0.657. The van der Waals surface area contributed by atoms with Crippen molar-refractivity contribution in [3.63, 3.8) is 0 Å². The molecule has 0 radical (unpaired) electrons. The van der Waals surface area contributed by atoms with Gasteiger partial charge in [-0.05, 0) is 53.9 Å². The first-order valence-corrected chi connectivity index (χ1v) is 6.33. The molecule has 4 heteroatoms. The number of hydrogen-bond donors (Lipinski definition) is 1. The summed E-state index contributed by atoms with van der Waals surface area (Å²) < 4.78 is 2.98. The number of anilines is 1. The van der Waals surface area contributed by atoms with Gasteiger partial charge in [-0.25, -0.2) is 0 Å². The minimum Gasteiger partial charge on any atom is -0.398 e. The van der Waals surface area contributed by atoms with Crippen molar-refractivity contribution >= 4 is 21.6 Å². The summed E-state index contributed by atoms with van der Waals surface area (Å²) in [6.07, 6.45) is 0. The van der Waals surface area contributed by atoms with Gasteiger partial charge in [-0.1, -0.05) is 12.1 Å². The lowest BCUT2D eigenvalue weighted by atomic mass is 10.2. The summed E-state index contributed by atoms with van der Waals surface area (Å²) in [5.41, 5.74) is 11.3. The molecule has 0 aliphatic heterocycles. The minimum absolute atomic E-state index is 0.742. The zero-order chi connectivity index (χ0) is 12.6. The van der Waals surface area contributed by atoms with Crippen LogP contribution in [0.1, 0.15) is 22.5 Å². The first kappa shape index (κ1) is 12.2. The summed E-state index contributed by atoms with van der Waals surface area (Å²) >= 11 is 3.52. The van der Waals surface area contributed by atoms with Crippen LogP contribution in [0, 0.1) is 20.8 Å². The van der Waals surface area contributed by atoms with Gasteiger partial charge in [0.15, 0.2) is 0 Å². The van der Waals surface area contributed by atoms with Crippen molar-refractivity contribution in [1.82, 2.24) is 9.78 Å². The SMILES string of the molecule is Cc1nn(Cc2cccc(N)c2Br)c(C)c1C. The Bertz CT molecular complexity index is 558. The number of aromatic nitrogens is 2. The van der Waals surface area contributed by atoms with Crippen LogP contribution in [0.3, 0.4) is 0 Å². The molecular weight excluding hydrogens is 278 g/mol. The highest BCUT2D eigenvalue weighted by atomic mass is 79.9. The number of nitrogen functional groups attached to an aromatic ring is 1. The van der Waals surface area contributed by atoms with Crippen molar-refractivity contribution in [1.29, 1.82) is 0 Å². The molecule has 1 aromatic heterocycles. The van der Waals surface area contributed by atoms with E-state index in [4.69, 9.17) is 5.73 Å². The molecule has 0 unspecified atom stereocenters. The van der Waals surface area contributed by atoms with Crippen molar-refractivity contribution in [2.75, 3.05) is 5.73 Å². The first-order chi connectivity index (χ1) is 8.00. The molecule has 90 valence electrons. The highest BCUT2D eigenvalue weighted by Crippen LogP contribution is 2.25. The molecule has 0 saturated heterocycles. The Balaban J connectivity index is 2.38. The molecule has 1 aromatic carbocycles. The fourth-order valence-corrected chi connectivity index (χ4v) is 2.21. The molecule has 0 fully saturated rings. The third kappa shape index (κ3) is 2.22. The van der Waals surface area contributed by atoms with Crippen molar-refractivity contribution in [2.24, 2.45) is 0 Å². The van der Waals surface area contributed by atoms with Crippen LogP contribution >= 0.6 is 15.9 Å². The third-order valence-corrected chi connectivity index (χ3v) is 4.14. The molecule has 0 saturated carbocycles. The second kappa shape index (κ2) is 4.53. The second-order valence-corrected chi connectivity index (χ2v) is 5.07. The summed E-state index contributed by atoms with van der Waals surface area (Å²) in [6.45, 7) is 6.97. The Kier molecular flexibility index (Phi) is 3.24. The summed E-state index contributed by atoms with van der Waals surface area (Å²) in [6, 6.07) is 5.92. The van der Waals surface area contributed by atoms with Gasteiger partial charge in [0.05, 0.1) is 12.2 Å². The van der Waals surface area contributed by atoms with Gasteiger partial charge < -0.3 is 5.73 Å². The second-order valence-electron chi connectivity index (χ2n) is 4.27. The molecule has 17 heavy (non-hydrogen) atoms. The quantitative estimate of drug-likeness (QED) is 0.864. The molecule has 0 aliphatic rings. The van der Waals surface area contributed by atoms with Crippen molar-refractivity contribution in [3.8, 4) is 0 Å². The van der Waals surface area contributed by atoms with Crippen molar-refractivity contribution in [2.45, 2.75) is 27.3 Å². The normalized spacial score (nSPS) is 10.8. The highest BCUT2D eigenvalue weighted by Gasteiger charge is 2.09. The molecule has 0 aliphatic carbocycles. The van der Waals surface area contributed by atoms with Crippen molar-refractivity contribution in [3.05, 3.63) is 45.2 Å². The maximum atomic E-state index is 5.87. The van der Waals surface area contributed by atoms with Crippen LogP contribution in [0.5, 0.6) is 0 Å². The van der Waals surface area contributed by atoms with Crippen LogP contribution in [0.4, 0.5) is 5.69 Å². The fourth-order valence-electron chi connectivity index (χ4n) is 1.82. The molecule has 0 atom stereocenters. The maximum absolute atomic E-state index is 5.87. The van der Waals surface area contributed by atoms with Gasteiger partial charge in [0.2, 0.25) is 0 Å². The monoisotopic (exact) mass is 293 g/mol. The zero-order valence-electron chi connectivity index (χ0n) is 10.3. The van der Waals surface area contributed by atoms with E-state index in [0.717, 1.165) is 28.0 Å². The lowest BCUT2D eigenvalue weighted by Gasteiger charge is -2.08. The Hall–Kier alpha value is -1.29. The van der Waals surface area contributed by atoms with Crippen LogP contribution in [0.25, 0.3) is 0 Å². The maximum Gasteiger partial charge on any atom is 0.0674 e. The van der Waals surface area contributed by atoms with E-state index >= 15 is 0 Å². The van der Waals surface area contributed by atoms with Gasteiger partial charge in [0.1, 0.15) is 0 Å². The standard InChI is InChI=1S/C13H16BrN3/c1-8-9(2)16-17(10(8)3)7-11-5-4-6-12(15)13(11)14/h4-6H,7,15H2,1-3H3. The molecule has 0 spiro atoms. The summed E-state index contributed by atoms with van der Waals surface area (Å²) in [5.74, 6) is 0. The van der Waals surface area contributed by atoms with Crippen LogP contribution in [0.2, 0.25) is 0 Å². The molecule has 0 bridgehead atoms. The van der Waals surface area contributed by atoms with E-state index in [1.807, 2.05) is 23.7 Å². The largest absolute Gasteiger partial charge is 0.398 e. The Morgan fingerprint density at radius 1 is 1.29 bits per heavy atom. The molecule has 2 N–H and O–H groups in total. The number of aryl methyl sites for hydroxylation is 1. The smallest absolute Gasteiger partial charge is 0.0674 e. The molecule has 3 nitrogen and oxygen atoms in total. The van der Waals surface area contributed by atoms with E-state index in [-0.39, 0.29) is 0 Å². The van der Waals surface area contributed by atoms with E-state index in [1.165, 1.54) is 11.3 Å². The summed E-state index contributed by atoms with van der Waals surface area (Å²) in [7, 11) is 0. The molecule has 2 rings (SSSR count). The van der Waals surface area contributed by atoms with Gasteiger partial charge in [-0.3, -0.25) is 4.68 Å². The highest BCUT2D eigenvalue weighted by molar-refractivity contribution is 9.10. The van der Waals surface area contributed by atoms with E-state index in [2.05, 4.69) is 40.9 Å². The Morgan fingerprint density at radius 3 is 2.59 bits per heavy atom. The zero-order valence-corrected chi connectivity index (χ0v) is 11.9. The van der Waals surface area contributed by atoms with E-state index in [9.17, 15) is 0 Å². The lowest BCUT2D eigenvalue weighted by Crippen LogP contribution is -2.05. The first-order valence-electron chi connectivity index (χ1n) is 5.54. The number of hydrogen-bond acceptors (Lipinski definition) is 2. The molecule has 1 heterocycles. The van der Waals surface area contributed by atoms with Crippen molar-refractivity contribution < 1.29 is 0 Å². The molecule has 2 aromatic rings. The van der Waals surface area contributed by atoms with Crippen LogP contribution in [0.15, 0.2) is 22.7 Å². The predicted molar refractivity (Wildman–Crippen MR) is 74.1 cm³/mol.